The predicted octanol–water partition coefficient (Wildman–Crippen LogP) is -0.291. The van der Waals surface area contributed by atoms with E-state index in [1.165, 1.54) is 34.9 Å². The molecule has 0 bridgehead atoms. The summed E-state index contributed by atoms with van der Waals surface area (Å²) in [4.78, 5) is 61.6. The molecular weight excluding hydrogens is 434 g/mol. The van der Waals surface area contributed by atoms with Gasteiger partial charge in [0.25, 0.3) is 11.8 Å². The molecule has 2 aliphatic rings. The van der Waals surface area contributed by atoms with Gasteiger partial charge in [0, 0.05) is 23.1 Å². The van der Waals surface area contributed by atoms with Gasteiger partial charge in [-0.1, -0.05) is 6.07 Å². The van der Waals surface area contributed by atoms with Crippen LogP contribution in [0.2, 0.25) is 0 Å². The number of nitrogens with zero attached hydrogens (tertiary/aromatic N) is 1. The van der Waals surface area contributed by atoms with E-state index in [0.29, 0.717) is 5.57 Å². The lowest BCUT2D eigenvalue weighted by atomic mass is 10.0. The zero-order valence-corrected chi connectivity index (χ0v) is 17.5. The summed E-state index contributed by atoms with van der Waals surface area (Å²) in [6, 6.07) is 2.86. The number of ether oxygens (including phenoxy) is 1. The number of fused-ring (bicyclic) bond motifs is 1. The van der Waals surface area contributed by atoms with Gasteiger partial charge in [-0.05, 0) is 11.4 Å². The molecule has 3 N–H and O–H groups in total. The monoisotopic (exact) mass is 453 g/mol. The van der Waals surface area contributed by atoms with Crippen LogP contribution in [0.15, 0.2) is 28.8 Å². The number of nitrogens with one attached hydrogen (secondary N) is 2. The summed E-state index contributed by atoms with van der Waals surface area (Å²) >= 11 is 2.76. The number of aliphatic carboxylic acids is 1. The Bertz CT molecular complexity index is 913. The number of carbonyl (C=O) groups excluding carboxylic acids is 4. The van der Waals surface area contributed by atoms with Gasteiger partial charge in [-0.2, -0.15) is 0 Å². The number of thioether (sulfide) groups is 1. The molecule has 160 valence electrons. The molecule has 3 amide bonds. The Morgan fingerprint density at radius 2 is 2.10 bits per heavy atom. The van der Waals surface area contributed by atoms with Crippen LogP contribution in [0.4, 0.5) is 0 Å². The molecule has 3 rings (SSSR count). The number of thiophene rings is 1. The number of carboxylic acid groups (broad SMARTS) is 1. The lowest BCUT2D eigenvalue weighted by Crippen LogP contribution is -2.71. The topological polar surface area (TPSA) is 142 Å². The molecule has 2 atom stereocenters. The van der Waals surface area contributed by atoms with Crippen molar-refractivity contribution < 1.29 is 33.8 Å². The number of β-lactam (4-membered cyclic amide) rings is 1. The fourth-order valence-corrected chi connectivity index (χ4v) is 5.07. The molecule has 3 heterocycles. The maximum Gasteiger partial charge on any atom is 0.322 e. The maximum absolute atomic E-state index is 12.7. The van der Waals surface area contributed by atoms with Gasteiger partial charge in [-0.3, -0.25) is 28.9 Å². The summed E-state index contributed by atoms with van der Waals surface area (Å²) in [6.45, 7) is 0.408. The average Bonchev–Trinajstić information content (AvgIpc) is 3.20. The smallest absolute Gasteiger partial charge is 0.322 e. The van der Waals surface area contributed by atoms with Crippen LogP contribution in [0.3, 0.4) is 0 Å². The molecule has 2 aliphatic heterocycles. The van der Waals surface area contributed by atoms with Gasteiger partial charge >= 0.3 is 11.9 Å². The summed E-state index contributed by atoms with van der Waals surface area (Å²) in [5.74, 6) is -3.03. The van der Waals surface area contributed by atoms with E-state index in [2.05, 4.69) is 10.6 Å². The second-order valence-electron chi connectivity index (χ2n) is 6.52. The molecule has 1 saturated heterocycles. The highest BCUT2D eigenvalue weighted by Crippen LogP contribution is 2.40. The van der Waals surface area contributed by atoms with Gasteiger partial charge in [0.2, 0.25) is 5.91 Å². The van der Waals surface area contributed by atoms with Crippen molar-refractivity contribution in [3.8, 4) is 0 Å². The maximum atomic E-state index is 12.7. The molecule has 1 fully saturated rings. The molecular formula is C18H19N3O7S2. The number of amides is 3. The first-order chi connectivity index (χ1) is 14.3. The van der Waals surface area contributed by atoms with Crippen LogP contribution in [0, 0.1) is 0 Å². The molecule has 1 aromatic rings. The Kier molecular flexibility index (Phi) is 6.77. The SMILES string of the molecule is CC(=O)OCC1=C(C(=O)NCC(=O)O)N2C(=O)[C@@H](NC(=O)Cc3cccs3)[C@H]2SC1. The Morgan fingerprint density at radius 3 is 2.73 bits per heavy atom. The van der Waals surface area contributed by atoms with Gasteiger partial charge in [0.05, 0.1) is 6.42 Å². The number of hydrogen-bond donors (Lipinski definition) is 3. The van der Waals surface area contributed by atoms with Crippen molar-refractivity contribution in [2.75, 3.05) is 18.9 Å². The van der Waals surface area contributed by atoms with Crippen LogP contribution in [0.5, 0.6) is 0 Å². The molecule has 10 nitrogen and oxygen atoms in total. The van der Waals surface area contributed by atoms with Crippen molar-refractivity contribution in [1.82, 2.24) is 15.5 Å². The molecule has 0 spiro atoms. The van der Waals surface area contributed by atoms with E-state index in [4.69, 9.17) is 9.84 Å². The molecule has 30 heavy (non-hydrogen) atoms. The highest BCUT2D eigenvalue weighted by atomic mass is 32.2. The number of esters is 1. The Balaban J connectivity index is 1.73. The zero-order valence-electron chi connectivity index (χ0n) is 15.9. The molecule has 1 aromatic heterocycles. The van der Waals surface area contributed by atoms with Gasteiger partial charge in [-0.15, -0.1) is 23.1 Å². The van der Waals surface area contributed by atoms with Crippen molar-refractivity contribution >= 4 is 52.8 Å². The van der Waals surface area contributed by atoms with E-state index >= 15 is 0 Å². The third-order valence-electron chi connectivity index (χ3n) is 4.34. The van der Waals surface area contributed by atoms with E-state index in [1.807, 2.05) is 17.5 Å². The lowest BCUT2D eigenvalue weighted by molar-refractivity contribution is -0.148. The van der Waals surface area contributed by atoms with Crippen molar-refractivity contribution in [2.24, 2.45) is 0 Å². The summed E-state index contributed by atoms with van der Waals surface area (Å²) in [6.07, 6.45) is 0.151. The first-order valence-electron chi connectivity index (χ1n) is 8.89. The van der Waals surface area contributed by atoms with E-state index in [-0.39, 0.29) is 30.4 Å². The molecule has 0 radical (unpaired) electrons. The summed E-state index contributed by atoms with van der Waals surface area (Å²) in [7, 11) is 0. The lowest BCUT2D eigenvalue weighted by Gasteiger charge is -2.50. The van der Waals surface area contributed by atoms with E-state index in [9.17, 15) is 24.0 Å². The minimum Gasteiger partial charge on any atom is -0.480 e. The summed E-state index contributed by atoms with van der Waals surface area (Å²) in [5.41, 5.74) is 0.362. The second kappa shape index (κ2) is 9.30. The van der Waals surface area contributed by atoms with Crippen molar-refractivity contribution in [3.63, 3.8) is 0 Å². The predicted molar refractivity (Wildman–Crippen MR) is 107 cm³/mol. The second-order valence-corrected chi connectivity index (χ2v) is 8.66. The van der Waals surface area contributed by atoms with Crippen LogP contribution in [0.25, 0.3) is 0 Å². The van der Waals surface area contributed by atoms with E-state index in [0.717, 1.165) is 4.88 Å². The molecule has 0 aromatic carbocycles. The van der Waals surface area contributed by atoms with Crippen LogP contribution in [0.1, 0.15) is 11.8 Å². The number of carbonyl (C=O) groups is 5. The molecule has 0 aliphatic carbocycles. The fraction of sp³-hybridized carbons (Fsp3) is 0.389. The van der Waals surface area contributed by atoms with E-state index < -0.39 is 41.7 Å². The first kappa shape index (κ1) is 21.8. The summed E-state index contributed by atoms with van der Waals surface area (Å²) < 4.78 is 4.97. The van der Waals surface area contributed by atoms with Crippen LogP contribution in [-0.4, -0.2) is 70.0 Å². The van der Waals surface area contributed by atoms with Gasteiger partial charge in [0.1, 0.15) is 30.3 Å². The molecule has 0 unspecified atom stereocenters. The Labute approximate surface area is 179 Å². The largest absolute Gasteiger partial charge is 0.480 e. The minimum atomic E-state index is -1.24. The van der Waals surface area contributed by atoms with Crippen LogP contribution < -0.4 is 10.6 Å². The van der Waals surface area contributed by atoms with Crippen molar-refractivity contribution in [1.29, 1.82) is 0 Å². The number of rotatable bonds is 8. The molecule has 12 heteroatoms. The van der Waals surface area contributed by atoms with E-state index in [1.54, 1.807) is 0 Å². The Hall–Kier alpha value is -2.86. The zero-order chi connectivity index (χ0) is 21.8. The summed E-state index contributed by atoms with van der Waals surface area (Å²) in [5, 5.41) is 15.1. The quantitative estimate of drug-likeness (QED) is 0.360. The van der Waals surface area contributed by atoms with Gasteiger partial charge in [0.15, 0.2) is 0 Å². The van der Waals surface area contributed by atoms with Crippen molar-refractivity contribution in [3.05, 3.63) is 33.7 Å². The highest BCUT2D eigenvalue weighted by molar-refractivity contribution is 8.00. The van der Waals surface area contributed by atoms with Gasteiger partial charge in [-0.25, -0.2) is 0 Å². The Morgan fingerprint density at radius 1 is 1.33 bits per heavy atom. The highest BCUT2D eigenvalue weighted by Gasteiger charge is 2.54. The van der Waals surface area contributed by atoms with Gasteiger partial charge < -0.3 is 20.5 Å². The van der Waals surface area contributed by atoms with Crippen molar-refractivity contribution in [2.45, 2.75) is 24.8 Å². The fourth-order valence-electron chi connectivity index (χ4n) is 3.03. The average molecular weight is 453 g/mol. The number of hydrogen-bond acceptors (Lipinski definition) is 8. The minimum absolute atomic E-state index is 0.0324. The third kappa shape index (κ3) is 4.82. The number of carboxylic acids is 1. The van der Waals surface area contributed by atoms with Crippen LogP contribution >= 0.6 is 23.1 Å². The van der Waals surface area contributed by atoms with Crippen LogP contribution in [-0.2, 0) is 35.1 Å². The third-order valence-corrected chi connectivity index (χ3v) is 6.56. The standard InChI is InChI=1S/C18H19N3O7S2/c1-9(22)28-7-10-8-30-18-14(20-12(23)5-11-3-2-4-29-11)17(27)21(18)15(10)16(26)19-6-13(24)25/h2-4,14,18H,5-8H2,1H3,(H,19,26)(H,20,23)(H,24,25)/t14-,18-/m1/s1. The molecule has 0 saturated carbocycles. The first-order valence-corrected chi connectivity index (χ1v) is 10.8. The normalized spacial score (nSPS) is 20.2.